The fourth-order valence-corrected chi connectivity index (χ4v) is 2.87. The van der Waals surface area contributed by atoms with Crippen molar-refractivity contribution in [1.82, 2.24) is 19.7 Å². The van der Waals surface area contributed by atoms with E-state index in [1.165, 1.54) is 13.2 Å². The predicted molar refractivity (Wildman–Crippen MR) is 93.2 cm³/mol. The lowest BCUT2D eigenvalue weighted by Crippen LogP contribution is -2.13. The quantitative estimate of drug-likeness (QED) is 0.434. The van der Waals surface area contributed by atoms with Gasteiger partial charge in [-0.05, 0) is 17.7 Å². The third kappa shape index (κ3) is 3.76. The summed E-state index contributed by atoms with van der Waals surface area (Å²) in [6.45, 7) is 3.58. The van der Waals surface area contributed by atoms with Crippen molar-refractivity contribution in [3.05, 3.63) is 53.7 Å². The maximum atomic E-state index is 13.6. The molecule has 1 unspecified atom stereocenters. The Bertz CT molecular complexity index is 1070. The van der Waals surface area contributed by atoms with E-state index in [4.69, 9.17) is 9.47 Å². The lowest BCUT2D eigenvalue weighted by molar-refractivity contribution is -0.140. The van der Waals surface area contributed by atoms with Crippen molar-refractivity contribution in [3.8, 4) is 11.9 Å². The Morgan fingerprint density at radius 3 is 2.07 bits per heavy atom. The fraction of sp³-hybridized carbons (Fsp3) is 0.278. The summed E-state index contributed by atoms with van der Waals surface area (Å²) in [6, 6.07) is 2.56. The minimum Gasteiger partial charge on any atom is -0.480 e. The van der Waals surface area contributed by atoms with Crippen LogP contribution in [0.5, 0.6) is 11.9 Å². The van der Waals surface area contributed by atoms with Crippen molar-refractivity contribution in [2.75, 3.05) is 14.2 Å². The second kappa shape index (κ2) is 7.50. The fourth-order valence-electron chi connectivity index (χ4n) is 2.87. The molecule has 2 aromatic heterocycles. The number of benzene rings is 1. The third-order valence-corrected chi connectivity index (χ3v) is 4.21. The van der Waals surface area contributed by atoms with Crippen LogP contribution in [0.3, 0.4) is 0 Å². The zero-order chi connectivity index (χ0) is 22.3. The highest BCUT2D eigenvalue weighted by molar-refractivity contribution is 5.85. The Kier molecular flexibility index (Phi) is 5.35. The van der Waals surface area contributed by atoms with E-state index in [2.05, 4.69) is 21.6 Å². The van der Waals surface area contributed by atoms with Gasteiger partial charge in [-0.25, -0.2) is 4.68 Å². The number of fused-ring (bicyclic) bond motifs is 1. The summed E-state index contributed by atoms with van der Waals surface area (Å²) in [5, 5.41) is 3.11. The van der Waals surface area contributed by atoms with Gasteiger partial charge in [0, 0.05) is 0 Å². The van der Waals surface area contributed by atoms with E-state index in [1.54, 1.807) is 0 Å². The Hall–Kier alpha value is -3.31. The van der Waals surface area contributed by atoms with Crippen LogP contribution in [0.15, 0.2) is 36.9 Å². The van der Waals surface area contributed by atoms with Crippen LogP contribution >= 0.6 is 0 Å². The number of allylic oxidation sites excluding steroid dienone is 1. The van der Waals surface area contributed by atoms with Gasteiger partial charge >= 0.3 is 18.4 Å². The molecule has 0 spiro atoms. The number of methoxy groups -OCH3 is 2. The molecule has 1 atom stereocenters. The van der Waals surface area contributed by atoms with Gasteiger partial charge in [-0.15, -0.1) is 6.58 Å². The summed E-state index contributed by atoms with van der Waals surface area (Å²) in [7, 11) is 2.34. The van der Waals surface area contributed by atoms with E-state index in [0.717, 1.165) is 36.1 Å². The highest BCUT2D eigenvalue weighted by atomic mass is 19.4. The van der Waals surface area contributed by atoms with Crippen molar-refractivity contribution < 1.29 is 35.8 Å². The van der Waals surface area contributed by atoms with Crippen LogP contribution in [0.4, 0.5) is 26.3 Å². The van der Waals surface area contributed by atoms with Crippen LogP contribution in [-0.2, 0) is 12.4 Å². The zero-order valence-corrected chi connectivity index (χ0v) is 15.5. The van der Waals surface area contributed by atoms with Gasteiger partial charge in [-0.1, -0.05) is 18.2 Å². The molecule has 1 aromatic carbocycles. The number of aromatic nitrogens is 4. The maximum absolute atomic E-state index is 13.6. The number of alkyl halides is 6. The van der Waals surface area contributed by atoms with Crippen molar-refractivity contribution in [1.29, 1.82) is 0 Å². The molecule has 0 aliphatic heterocycles. The van der Waals surface area contributed by atoms with Crippen molar-refractivity contribution in [2.45, 2.75) is 18.4 Å². The molecule has 3 aromatic rings. The first-order chi connectivity index (χ1) is 14.0. The molecule has 0 N–H and O–H groups in total. The minimum absolute atomic E-state index is 0.215. The summed E-state index contributed by atoms with van der Waals surface area (Å²) in [4.78, 5) is 7.71. The summed E-state index contributed by atoms with van der Waals surface area (Å²) < 4.78 is 90.1. The van der Waals surface area contributed by atoms with Crippen LogP contribution in [0.2, 0.25) is 0 Å². The van der Waals surface area contributed by atoms with E-state index < -0.39 is 40.9 Å². The molecule has 12 heteroatoms. The predicted octanol–water partition coefficient (Wildman–Crippen LogP) is 4.66. The van der Waals surface area contributed by atoms with Crippen molar-refractivity contribution >= 4 is 11.0 Å². The molecule has 160 valence electrons. The second-order valence-electron chi connectivity index (χ2n) is 6.01. The number of hydrogen-bond acceptors (Lipinski definition) is 5. The van der Waals surface area contributed by atoms with E-state index in [0.29, 0.717) is 0 Å². The van der Waals surface area contributed by atoms with E-state index >= 15 is 0 Å². The number of nitrogens with zero attached hydrogens (tertiary/aromatic N) is 4. The summed E-state index contributed by atoms with van der Waals surface area (Å²) in [6.07, 6.45) is -8.20. The number of halogens is 6. The summed E-state index contributed by atoms with van der Waals surface area (Å²) in [5.41, 5.74) is -2.28. The molecule has 0 aliphatic carbocycles. The van der Waals surface area contributed by atoms with Gasteiger partial charge < -0.3 is 9.47 Å². The van der Waals surface area contributed by atoms with Gasteiger partial charge in [0.25, 0.3) is 0 Å². The second-order valence-corrected chi connectivity index (χ2v) is 6.01. The molecule has 3 rings (SSSR count). The van der Waals surface area contributed by atoms with Gasteiger partial charge in [0.05, 0.1) is 25.8 Å². The minimum atomic E-state index is -4.87. The largest absolute Gasteiger partial charge is 0.480 e. The number of ether oxygens (including phenoxy) is 2. The van der Waals surface area contributed by atoms with Gasteiger partial charge in [-0.2, -0.15) is 41.4 Å². The van der Waals surface area contributed by atoms with E-state index in [1.807, 2.05) is 0 Å². The molecule has 0 amide bonds. The van der Waals surface area contributed by atoms with Crippen molar-refractivity contribution in [3.63, 3.8) is 0 Å². The molecule has 30 heavy (non-hydrogen) atoms. The van der Waals surface area contributed by atoms with Gasteiger partial charge in [0.2, 0.25) is 5.88 Å². The molecule has 0 saturated heterocycles. The monoisotopic (exact) mass is 432 g/mol. The Morgan fingerprint density at radius 2 is 1.60 bits per heavy atom. The van der Waals surface area contributed by atoms with Gasteiger partial charge in [-0.3, -0.25) is 0 Å². The van der Waals surface area contributed by atoms with Gasteiger partial charge in [0.15, 0.2) is 11.3 Å². The lowest BCUT2D eigenvalue weighted by Gasteiger charge is -2.16. The standard InChI is InChI=1S/C18H14F6N4O2/c1-4-11(9-5-7-10(8-6-9)17(19,20)21)28-14-12(13(27-28)18(22,23)24)15(29-2)26-16(25-14)30-3/h4-8,11H,1H2,2-3H3. The van der Waals surface area contributed by atoms with Crippen LogP contribution in [0, 0.1) is 0 Å². The van der Waals surface area contributed by atoms with Gasteiger partial charge in [0.1, 0.15) is 5.39 Å². The van der Waals surface area contributed by atoms with Crippen LogP contribution in [-0.4, -0.2) is 34.0 Å². The summed E-state index contributed by atoms with van der Waals surface area (Å²) >= 11 is 0. The van der Waals surface area contributed by atoms with Crippen LogP contribution < -0.4 is 9.47 Å². The first-order valence-electron chi connectivity index (χ1n) is 8.26. The van der Waals surface area contributed by atoms with E-state index in [-0.39, 0.29) is 17.2 Å². The molecule has 2 heterocycles. The highest BCUT2D eigenvalue weighted by Crippen LogP contribution is 2.40. The summed E-state index contributed by atoms with van der Waals surface area (Å²) in [5.74, 6) is -0.411. The Balaban J connectivity index is 2.26. The highest BCUT2D eigenvalue weighted by Gasteiger charge is 2.40. The van der Waals surface area contributed by atoms with E-state index in [9.17, 15) is 26.3 Å². The number of rotatable bonds is 5. The maximum Gasteiger partial charge on any atom is 0.436 e. The Labute approximate surface area is 165 Å². The third-order valence-electron chi connectivity index (χ3n) is 4.21. The molecule has 0 bridgehead atoms. The van der Waals surface area contributed by atoms with Crippen LogP contribution in [0.25, 0.3) is 11.0 Å². The molecule has 0 saturated carbocycles. The SMILES string of the molecule is C=CC(c1ccc(C(F)(F)F)cc1)n1nc(C(F)(F)F)c2c(OC)nc(OC)nc21. The molecule has 0 radical (unpaired) electrons. The zero-order valence-electron chi connectivity index (χ0n) is 15.5. The molecule has 0 fully saturated rings. The molecular weight excluding hydrogens is 418 g/mol. The smallest absolute Gasteiger partial charge is 0.436 e. The molecular formula is C18H14F6N4O2. The molecule has 6 nitrogen and oxygen atoms in total. The average Bonchev–Trinajstić information content (AvgIpc) is 3.07. The average molecular weight is 432 g/mol. The Morgan fingerprint density at radius 1 is 0.967 bits per heavy atom. The lowest BCUT2D eigenvalue weighted by atomic mass is 10.0. The van der Waals surface area contributed by atoms with Crippen molar-refractivity contribution in [2.24, 2.45) is 0 Å². The first-order valence-corrected chi connectivity index (χ1v) is 8.26. The van der Waals surface area contributed by atoms with Crippen LogP contribution in [0.1, 0.15) is 22.9 Å². The normalized spacial score (nSPS) is 13.3. The molecule has 0 aliphatic rings. The topological polar surface area (TPSA) is 62.1 Å². The number of hydrogen-bond donors (Lipinski definition) is 0. The first kappa shape index (κ1) is 21.4.